The van der Waals surface area contributed by atoms with Gasteiger partial charge in [0.25, 0.3) is 0 Å². The van der Waals surface area contributed by atoms with Crippen LogP contribution in [-0.2, 0) is 101 Å². The summed E-state index contributed by atoms with van der Waals surface area (Å²) in [5.41, 5.74) is 18.4. The number of carboxylic acids is 3. The number of phenols is 1. The number of aromatic amines is 2. The minimum Gasteiger partial charge on any atom is -0.508 e. The molecule has 0 saturated heterocycles. The van der Waals surface area contributed by atoms with Gasteiger partial charge in [-0.15, -0.1) is 0 Å². The van der Waals surface area contributed by atoms with Crippen molar-refractivity contribution in [1.29, 1.82) is 10.8 Å². The molecular weight excluding hydrogens is 1670 g/mol. The summed E-state index contributed by atoms with van der Waals surface area (Å²) < 4.78 is 0. The van der Waals surface area contributed by atoms with E-state index in [1.165, 1.54) is 84.5 Å². The number of aliphatic carboxylic acids is 3. The van der Waals surface area contributed by atoms with Gasteiger partial charge >= 0.3 is 17.9 Å². The Labute approximate surface area is 740 Å². The Balaban J connectivity index is 1.60. The van der Waals surface area contributed by atoms with E-state index >= 15 is 0 Å². The van der Waals surface area contributed by atoms with Gasteiger partial charge in [0.2, 0.25) is 82.7 Å². The molecule has 0 fully saturated rings. The van der Waals surface area contributed by atoms with Crippen LogP contribution < -0.4 is 102 Å². The molecule has 0 aliphatic carbocycles. The Kier molecular flexibility index (Phi) is 44.3. The first-order chi connectivity index (χ1) is 60.2. The van der Waals surface area contributed by atoms with Crippen LogP contribution in [-0.4, -0.2) is 253 Å². The molecule has 128 heavy (non-hydrogen) atoms. The zero-order chi connectivity index (χ0) is 95.9. The van der Waals surface area contributed by atoms with Gasteiger partial charge in [-0.1, -0.05) is 126 Å². The smallest absolute Gasteiger partial charge is 0.326 e. The molecule has 706 valence electrons. The van der Waals surface area contributed by atoms with Gasteiger partial charge < -0.3 is 133 Å². The summed E-state index contributed by atoms with van der Waals surface area (Å²) in [5.74, 6) is -23.0. The SMILES string of the molecule is CC[C@H](C)[C@H](NC(=O)[C@H](Cc1ccc(O)cc1)NC(=O)[C@@H](NC(=O)CNC(=O)[C@H](CC(=O)O)NC(=O)[C@H](Cc1c[nH]c2ccccc12)NC(=O)[C@@H](NC(=O)[C@H](Cc1c[nH]cn1)NC(=O)[C@@H](NC(=O)[C@H](CC(=O)O)NC(=O)[C@@H](NC(=O)[C@H](CCCNC(=N)N)NC(=O)CNC(=O)[C@@H](N)CC(C)C)C(C)C)[C@@H](C)CC)C(C)C)C(C)C)C(=O)N[C@@H](CCCNC(=N)N)C(=O)O. The van der Waals surface area contributed by atoms with Crippen LogP contribution in [0.4, 0.5) is 0 Å². The van der Waals surface area contributed by atoms with Crippen molar-refractivity contribution in [2.24, 2.45) is 52.7 Å². The van der Waals surface area contributed by atoms with Gasteiger partial charge in [0.1, 0.15) is 78.3 Å². The number of rotatable bonds is 56. The fourth-order valence-corrected chi connectivity index (χ4v) is 13.3. The van der Waals surface area contributed by atoms with Crippen LogP contribution in [0.15, 0.2) is 67.3 Å². The lowest BCUT2D eigenvalue weighted by atomic mass is 9.96. The van der Waals surface area contributed by atoms with Gasteiger partial charge in [0, 0.05) is 55.6 Å². The third kappa shape index (κ3) is 36.6. The van der Waals surface area contributed by atoms with E-state index in [1.807, 2.05) is 13.8 Å². The number of fused-ring (bicyclic) bond motifs is 1. The monoisotopic (exact) mass is 1800 g/mol. The van der Waals surface area contributed by atoms with Crippen molar-refractivity contribution in [3.63, 3.8) is 0 Å². The number of guanidine groups is 2. The van der Waals surface area contributed by atoms with Crippen LogP contribution in [0, 0.1) is 46.3 Å². The number of hydrogen-bond donors (Lipinski definition) is 27. The fraction of sp³-hybridized carbons (Fsp3) is 0.566. The highest BCUT2D eigenvalue weighted by atomic mass is 16.4. The summed E-state index contributed by atoms with van der Waals surface area (Å²) >= 11 is 0. The first-order valence-electron chi connectivity index (χ1n) is 42.3. The van der Waals surface area contributed by atoms with Gasteiger partial charge in [-0.25, -0.2) is 9.78 Å². The third-order valence-electron chi connectivity index (χ3n) is 20.9. The molecular formula is C83H128N24O21. The van der Waals surface area contributed by atoms with Crippen LogP contribution in [0.3, 0.4) is 0 Å². The Bertz CT molecular complexity index is 4480. The average molecular weight is 1800 g/mol. The second-order valence-electron chi connectivity index (χ2n) is 32.9. The third-order valence-corrected chi connectivity index (χ3v) is 20.9. The number of hydrogen-bond acceptors (Lipinski definition) is 22. The number of carbonyl (C=O) groups excluding carboxylic acids is 14. The molecule has 0 aliphatic heterocycles. The molecule has 14 amide bonds. The molecule has 0 saturated carbocycles. The van der Waals surface area contributed by atoms with Crippen molar-refractivity contribution in [3.05, 3.63) is 84.1 Å². The quantitative estimate of drug-likeness (QED) is 0.0117. The lowest BCUT2D eigenvalue weighted by Gasteiger charge is -2.30. The summed E-state index contributed by atoms with van der Waals surface area (Å²) in [7, 11) is 0. The van der Waals surface area contributed by atoms with Crippen LogP contribution in [0.5, 0.6) is 5.75 Å². The van der Waals surface area contributed by atoms with Crippen molar-refractivity contribution < 1.29 is 102 Å². The zero-order valence-electron chi connectivity index (χ0n) is 74.0. The van der Waals surface area contributed by atoms with Crippen molar-refractivity contribution >= 4 is 123 Å². The molecule has 2 aromatic heterocycles. The highest BCUT2D eigenvalue weighted by Crippen LogP contribution is 2.22. The Morgan fingerprint density at radius 1 is 0.430 bits per heavy atom. The number of imidazole rings is 1. The maximum absolute atomic E-state index is 14.9. The topological polar surface area (TPSA) is 734 Å². The molecule has 2 heterocycles. The largest absolute Gasteiger partial charge is 0.508 e. The summed E-state index contributed by atoms with van der Waals surface area (Å²) in [6, 6.07) is -7.65. The number of H-pyrrole nitrogens is 2. The van der Waals surface area contributed by atoms with Gasteiger partial charge in [0.15, 0.2) is 11.9 Å². The Morgan fingerprint density at radius 3 is 1.29 bits per heavy atom. The number of amides is 14. The van der Waals surface area contributed by atoms with Crippen LogP contribution in [0.2, 0.25) is 0 Å². The van der Waals surface area contributed by atoms with E-state index in [0.717, 1.165) is 0 Å². The van der Waals surface area contributed by atoms with Gasteiger partial charge in [-0.2, -0.15) is 0 Å². The maximum Gasteiger partial charge on any atom is 0.326 e. The van der Waals surface area contributed by atoms with Crippen LogP contribution in [0.1, 0.15) is 158 Å². The van der Waals surface area contributed by atoms with E-state index in [1.54, 1.807) is 52.0 Å². The Hall–Kier alpha value is -13.5. The maximum atomic E-state index is 14.9. The summed E-state index contributed by atoms with van der Waals surface area (Å²) in [6.45, 7) is 18.1. The van der Waals surface area contributed by atoms with E-state index in [-0.39, 0.29) is 93.7 Å². The second-order valence-corrected chi connectivity index (χ2v) is 32.9. The number of nitrogens with one attached hydrogen (secondary N) is 20. The standard InChI is InChI=1S/C83H128N24O21/c1-13-44(11)67(79(125)97-54(81(127)128)22-18-28-91-83(87)88)106-73(119)55(30-46-23-25-49(108)26-24-46)99-76(122)64(41(5)6)103-61(110)38-94-70(116)58(33-62(111)112)98-72(118)56(31-47-35-92-52-20-16-15-19-50(47)52)100-77(123)66(43(9)10)105-74(120)57(32-48-36-89-39-95-48)101-80(126)68(45(12)14-2)107-75(121)59(34-63(113)114)102-78(124)65(42(7)8)104-71(117)53(21-17-27-90-82(85)86)96-60(109)37-93-69(115)51(84)29-40(3)4/h15-16,19-20,23-26,35-36,39-45,51,53-59,64-68,92,108H,13-14,17-18,21-22,27-34,37-38,84H2,1-12H3,(H,89,95)(H,93,115)(H,94,116)(H,96,109)(H,97,125)(H,98,118)(H,99,122)(H,100,123)(H,101,126)(H,102,124)(H,103,110)(H,104,117)(H,105,120)(H,106,119)(H,107,121)(H,111,112)(H,113,114)(H,127,128)(H4,85,86,90)(H4,87,88,91)/t44-,45-,51-,53-,54-,55-,56-,57-,58-,59-,64-,65-,66-,67-,68-/m0/s1. The van der Waals surface area contributed by atoms with Gasteiger partial charge in [-0.3, -0.25) is 87.5 Å². The van der Waals surface area contributed by atoms with Crippen molar-refractivity contribution in [1.82, 2.24) is 100 Å². The highest BCUT2D eigenvalue weighted by molar-refractivity contribution is 6.01. The molecule has 2 aromatic carbocycles. The summed E-state index contributed by atoms with van der Waals surface area (Å²) in [5, 5.41) is 96.0. The molecule has 0 spiro atoms. The normalized spacial score (nSPS) is 14.8. The number of nitrogens with zero attached hydrogens (tertiary/aromatic N) is 1. The van der Waals surface area contributed by atoms with E-state index < -0.39 is 235 Å². The lowest BCUT2D eigenvalue weighted by molar-refractivity contribution is -0.143. The first kappa shape index (κ1) is 107. The van der Waals surface area contributed by atoms with Crippen LogP contribution >= 0.6 is 0 Å². The van der Waals surface area contributed by atoms with Crippen LogP contribution in [0.25, 0.3) is 10.9 Å². The predicted molar refractivity (Wildman–Crippen MR) is 467 cm³/mol. The first-order valence-corrected chi connectivity index (χ1v) is 42.3. The zero-order valence-corrected chi connectivity index (χ0v) is 74.0. The van der Waals surface area contributed by atoms with E-state index in [9.17, 15) is 102 Å². The number of benzene rings is 2. The molecule has 0 radical (unpaired) electrons. The lowest BCUT2D eigenvalue weighted by Crippen LogP contribution is -2.62. The number of aromatic hydroxyl groups is 1. The van der Waals surface area contributed by atoms with Crippen molar-refractivity contribution in [2.45, 2.75) is 239 Å². The molecule has 30 N–H and O–H groups in total. The number of nitrogens with two attached hydrogens (primary N) is 3. The Morgan fingerprint density at radius 2 is 0.828 bits per heavy atom. The van der Waals surface area contributed by atoms with E-state index in [2.05, 4.69) is 100 Å². The molecule has 45 heteroatoms. The highest BCUT2D eigenvalue weighted by Gasteiger charge is 2.41. The molecule has 15 atom stereocenters. The number of phenolic OH excluding ortho intramolecular Hbond substituents is 1. The molecule has 4 aromatic rings. The fourth-order valence-electron chi connectivity index (χ4n) is 13.3. The van der Waals surface area contributed by atoms with E-state index in [4.69, 9.17) is 28.0 Å². The second kappa shape index (κ2) is 53.1. The average Bonchev–Trinajstić information content (AvgIpc) is 1.62. The summed E-state index contributed by atoms with van der Waals surface area (Å²) in [6.07, 6.45) is 1.93. The minimum absolute atomic E-state index is 0.0560. The number of para-hydroxylation sites is 1. The molecule has 0 aliphatic rings. The minimum atomic E-state index is -1.99. The van der Waals surface area contributed by atoms with Gasteiger partial charge in [-0.05, 0) is 96.9 Å². The molecule has 4 rings (SSSR count). The summed E-state index contributed by atoms with van der Waals surface area (Å²) in [4.78, 5) is 246. The number of aromatic nitrogens is 3. The van der Waals surface area contributed by atoms with Crippen molar-refractivity contribution in [3.8, 4) is 5.75 Å². The predicted octanol–water partition coefficient (Wildman–Crippen LogP) is -3.33. The molecule has 0 unspecified atom stereocenters. The van der Waals surface area contributed by atoms with Crippen molar-refractivity contribution in [2.75, 3.05) is 26.2 Å². The van der Waals surface area contributed by atoms with E-state index in [0.29, 0.717) is 34.9 Å². The number of carboxylic acid groups (broad SMARTS) is 3. The molecule has 45 nitrogen and oxygen atoms in total. The molecule has 0 bridgehead atoms. The number of carbonyl (C=O) groups is 17. The van der Waals surface area contributed by atoms with Gasteiger partial charge in [0.05, 0.1) is 44.0 Å².